The predicted octanol–water partition coefficient (Wildman–Crippen LogP) is 11.4. The van der Waals surface area contributed by atoms with Gasteiger partial charge in [0.15, 0.2) is 0 Å². The van der Waals surface area contributed by atoms with Crippen molar-refractivity contribution in [2.45, 2.75) is 95.9 Å². The Balaban J connectivity index is 0.000000536. The van der Waals surface area contributed by atoms with Gasteiger partial charge in [0.25, 0.3) is 0 Å². The quantitative estimate of drug-likeness (QED) is 0.285. The Morgan fingerprint density at radius 1 is 0.553 bits per heavy atom. The van der Waals surface area contributed by atoms with Crippen LogP contribution in [-0.2, 0) is 5.41 Å². The molecule has 38 heavy (non-hydrogen) atoms. The fourth-order valence-electron chi connectivity index (χ4n) is 2.97. The molecule has 0 heterocycles. The molecule has 0 aromatic heterocycles. The lowest BCUT2D eigenvalue weighted by Crippen LogP contribution is -2.10. The van der Waals surface area contributed by atoms with Crippen LogP contribution in [0.15, 0.2) is 78.9 Å². The smallest absolute Gasteiger partial charge is 0.0245 e. The zero-order chi connectivity index (χ0) is 28.3. The first-order valence-corrected chi connectivity index (χ1v) is 13.4. The van der Waals surface area contributed by atoms with Gasteiger partial charge in [-0.3, -0.25) is 0 Å². The van der Waals surface area contributed by atoms with E-state index in [4.69, 9.17) is 0 Å². The van der Waals surface area contributed by atoms with Crippen molar-refractivity contribution < 1.29 is 0 Å². The number of hydrogen-bond acceptors (Lipinski definition) is 0. The van der Waals surface area contributed by atoms with Crippen molar-refractivity contribution in [1.82, 2.24) is 0 Å². The number of aryl methyl sites for hydroxylation is 3. The van der Waals surface area contributed by atoms with Gasteiger partial charge in [-0.2, -0.15) is 0 Å². The maximum absolute atomic E-state index is 3.21. The molecular formula is C38H54. The summed E-state index contributed by atoms with van der Waals surface area (Å²) in [5.41, 5.74) is 8.35. The van der Waals surface area contributed by atoms with Crippen LogP contribution in [0.4, 0.5) is 0 Å². The molecule has 0 nitrogen and oxygen atoms in total. The van der Waals surface area contributed by atoms with Gasteiger partial charge in [0.05, 0.1) is 0 Å². The predicted molar refractivity (Wildman–Crippen MR) is 174 cm³/mol. The molecule has 0 aliphatic rings. The van der Waals surface area contributed by atoms with E-state index in [2.05, 4.69) is 180 Å². The molecule has 3 aromatic rings. The van der Waals surface area contributed by atoms with Crippen LogP contribution in [0, 0.1) is 43.4 Å². The molecule has 0 spiro atoms. The Labute approximate surface area is 236 Å². The van der Waals surface area contributed by atoms with Gasteiger partial charge in [-0.15, -0.1) is 0 Å². The van der Waals surface area contributed by atoms with Gasteiger partial charge in [0, 0.05) is 11.0 Å². The van der Waals surface area contributed by atoms with E-state index in [1.807, 2.05) is 0 Å². The van der Waals surface area contributed by atoms with Crippen molar-refractivity contribution in [3.8, 4) is 11.8 Å². The second-order valence-electron chi connectivity index (χ2n) is 13.1. The summed E-state index contributed by atoms with van der Waals surface area (Å²) < 4.78 is 0. The zero-order valence-electron chi connectivity index (χ0n) is 25.6. The molecule has 0 atom stereocenters. The van der Waals surface area contributed by atoms with E-state index in [0.717, 1.165) is 5.56 Å². The van der Waals surface area contributed by atoms with Crippen molar-refractivity contribution in [3.63, 3.8) is 0 Å². The zero-order valence-corrected chi connectivity index (χ0v) is 25.6. The topological polar surface area (TPSA) is 0 Å². The number of hydrogen-bond donors (Lipinski definition) is 0. The standard InChI is InChI=1S/C13H18.C13H16.C11H16.CH4/c2*1-11-5-7-12(8-6-11)9-10-13(2,3)4;1-9-5-7-10(8-6-9)11(2,3)4;/h5-10H,1-4H3;5-8H,1-4H3;5-8H,1-4H3;1H4. The maximum atomic E-state index is 3.21. The van der Waals surface area contributed by atoms with Crippen molar-refractivity contribution in [2.24, 2.45) is 10.8 Å². The van der Waals surface area contributed by atoms with Crippen LogP contribution in [0.1, 0.15) is 103 Å². The van der Waals surface area contributed by atoms with Crippen molar-refractivity contribution in [2.75, 3.05) is 0 Å². The summed E-state index contributed by atoms with van der Waals surface area (Å²) in [5, 5.41) is 0. The normalized spacial score (nSPS) is 11.2. The van der Waals surface area contributed by atoms with E-state index >= 15 is 0 Å². The maximum Gasteiger partial charge on any atom is 0.0245 e. The number of rotatable bonds is 1. The molecule has 0 radical (unpaired) electrons. The van der Waals surface area contributed by atoms with Gasteiger partial charge in [-0.25, -0.2) is 0 Å². The van der Waals surface area contributed by atoms with Crippen molar-refractivity contribution >= 4 is 6.08 Å². The summed E-state index contributed by atoms with van der Waals surface area (Å²) in [4.78, 5) is 0. The lowest BCUT2D eigenvalue weighted by Gasteiger charge is -2.18. The summed E-state index contributed by atoms with van der Waals surface area (Å²) in [7, 11) is 0. The van der Waals surface area contributed by atoms with Gasteiger partial charge < -0.3 is 0 Å². The monoisotopic (exact) mass is 510 g/mol. The molecule has 0 saturated carbocycles. The second kappa shape index (κ2) is 15.4. The molecule has 206 valence electrons. The average Bonchev–Trinajstić information content (AvgIpc) is 2.78. The molecule has 0 N–H and O–H groups in total. The molecular weight excluding hydrogens is 456 g/mol. The van der Waals surface area contributed by atoms with Crippen LogP contribution >= 0.6 is 0 Å². The Hall–Kier alpha value is -3.04. The highest BCUT2D eigenvalue weighted by molar-refractivity contribution is 5.50. The summed E-state index contributed by atoms with van der Waals surface area (Å²) >= 11 is 0. The van der Waals surface area contributed by atoms with E-state index in [-0.39, 0.29) is 23.7 Å². The Kier molecular flexibility index (Phi) is 14.2. The summed E-state index contributed by atoms with van der Waals surface area (Å²) in [5.74, 6) is 6.37. The summed E-state index contributed by atoms with van der Waals surface area (Å²) in [6.45, 7) is 26.0. The Bertz CT molecular complexity index is 1140. The molecule has 0 amide bonds. The molecule has 3 rings (SSSR count). The van der Waals surface area contributed by atoms with Crippen molar-refractivity contribution in [3.05, 3.63) is 112 Å². The highest BCUT2D eigenvalue weighted by atomic mass is 14.2. The van der Waals surface area contributed by atoms with Gasteiger partial charge in [-0.1, -0.05) is 150 Å². The third-order valence-electron chi connectivity index (χ3n) is 5.40. The van der Waals surface area contributed by atoms with Crippen molar-refractivity contribution in [1.29, 1.82) is 0 Å². The molecule has 0 heteroatoms. The van der Waals surface area contributed by atoms with E-state index in [1.54, 1.807) is 0 Å². The largest absolute Gasteiger partial charge is 0.0920 e. The SMILES string of the molecule is C.Cc1ccc(C#CC(C)(C)C)cc1.Cc1ccc(C(C)(C)C)cc1.Cc1ccc(C=CC(C)(C)C)cc1. The van der Waals surface area contributed by atoms with Crippen LogP contribution in [0.2, 0.25) is 0 Å². The van der Waals surface area contributed by atoms with E-state index < -0.39 is 0 Å². The molecule has 3 aromatic carbocycles. The number of allylic oxidation sites excluding steroid dienone is 1. The van der Waals surface area contributed by atoms with Gasteiger partial charge >= 0.3 is 0 Å². The van der Waals surface area contributed by atoms with Crippen LogP contribution in [0.3, 0.4) is 0 Å². The first-order chi connectivity index (χ1) is 16.9. The first-order valence-electron chi connectivity index (χ1n) is 13.4. The van der Waals surface area contributed by atoms with E-state index in [9.17, 15) is 0 Å². The molecule has 0 saturated heterocycles. The number of benzene rings is 3. The van der Waals surface area contributed by atoms with Gasteiger partial charge in [-0.05, 0) is 75.6 Å². The third-order valence-corrected chi connectivity index (χ3v) is 5.40. The first kappa shape index (κ1) is 35.0. The highest BCUT2D eigenvalue weighted by Gasteiger charge is 2.12. The van der Waals surface area contributed by atoms with Crippen LogP contribution in [0.5, 0.6) is 0 Å². The Morgan fingerprint density at radius 2 is 0.947 bits per heavy atom. The van der Waals surface area contributed by atoms with Crippen LogP contribution in [0.25, 0.3) is 6.08 Å². The summed E-state index contributed by atoms with van der Waals surface area (Å²) in [6.07, 6.45) is 4.41. The molecule has 0 bridgehead atoms. The van der Waals surface area contributed by atoms with Gasteiger partial charge in [0.1, 0.15) is 0 Å². The van der Waals surface area contributed by atoms with Crippen LogP contribution < -0.4 is 0 Å². The second-order valence-corrected chi connectivity index (χ2v) is 13.1. The fraction of sp³-hybridized carbons (Fsp3) is 0.421. The fourth-order valence-corrected chi connectivity index (χ4v) is 2.97. The lowest BCUT2D eigenvalue weighted by atomic mass is 9.87. The average molecular weight is 511 g/mol. The van der Waals surface area contributed by atoms with E-state index in [0.29, 0.717) is 0 Å². The molecule has 0 aliphatic heterocycles. The van der Waals surface area contributed by atoms with Gasteiger partial charge in [0.2, 0.25) is 0 Å². The minimum atomic E-state index is 0. The minimum absolute atomic E-state index is 0. The molecule has 0 fully saturated rings. The van der Waals surface area contributed by atoms with E-state index in [1.165, 1.54) is 27.8 Å². The molecule has 0 unspecified atom stereocenters. The Morgan fingerprint density at radius 3 is 1.32 bits per heavy atom. The minimum Gasteiger partial charge on any atom is -0.0920 e. The highest BCUT2D eigenvalue weighted by Crippen LogP contribution is 2.21. The summed E-state index contributed by atoms with van der Waals surface area (Å²) in [6, 6.07) is 25.6. The lowest BCUT2D eigenvalue weighted by molar-refractivity contribution is 0.547. The van der Waals surface area contributed by atoms with Crippen LogP contribution in [-0.4, -0.2) is 0 Å². The third kappa shape index (κ3) is 16.7. The molecule has 0 aliphatic carbocycles.